The van der Waals surface area contributed by atoms with E-state index in [1.165, 1.54) is 5.56 Å². The highest BCUT2D eigenvalue weighted by molar-refractivity contribution is 5.68. The molecule has 1 heterocycles. The molecule has 0 unspecified atom stereocenters. The molecule has 0 aliphatic carbocycles. The van der Waals surface area contributed by atoms with E-state index in [1.54, 1.807) is 0 Å². The van der Waals surface area contributed by atoms with E-state index in [0.29, 0.717) is 0 Å². The van der Waals surface area contributed by atoms with E-state index in [9.17, 15) is 0 Å². The van der Waals surface area contributed by atoms with Crippen LogP contribution in [0.5, 0.6) is 0 Å². The summed E-state index contributed by atoms with van der Waals surface area (Å²) in [5, 5.41) is 3.50. The summed E-state index contributed by atoms with van der Waals surface area (Å²) in [4.78, 5) is 6.27. The highest BCUT2D eigenvalue weighted by Crippen LogP contribution is 2.26. The van der Waals surface area contributed by atoms with Gasteiger partial charge < -0.3 is 10.2 Å². The average Bonchev–Trinajstić information content (AvgIpc) is 2.40. The molecule has 0 fully saturated rings. The third-order valence-corrected chi connectivity index (χ3v) is 2.95. The number of hydrogen-bond acceptors (Lipinski definition) is 3. The van der Waals surface area contributed by atoms with Gasteiger partial charge in [-0.3, -0.25) is 4.98 Å². The molecule has 0 aliphatic rings. The number of hydrogen-bond donors (Lipinski definition) is 1. The van der Waals surface area contributed by atoms with Crippen molar-refractivity contribution in [3.63, 3.8) is 0 Å². The Bertz CT molecular complexity index is 494. The van der Waals surface area contributed by atoms with Crippen LogP contribution in [0.1, 0.15) is 18.5 Å². The number of aromatic nitrogens is 1. The lowest BCUT2D eigenvalue weighted by Crippen LogP contribution is -2.14. The lowest BCUT2D eigenvalue weighted by atomic mass is 10.1. The molecule has 0 spiro atoms. The minimum atomic E-state index is 0.258. The van der Waals surface area contributed by atoms with Gasteiger partial charge >= 0.3 is 0 Å². The predicted molar refractivity (Wildman–Crippen MR) is 77.0 cm³/mol. The minimum Gasteiger partial charge on any atom is -0.376 e. The van der Waals surface area contributed by atoms with Crippen molar-refractivity contribution >= 4 is 11.4 Å². The number of nitrogens with zero attached hydrogens (tertiary/aromatic N) is 2. The van der Waals surface area contributed by atoms with Gasteiger partial charge in [-0.25, -0.2) is 0 Å². The van der Waals surface area contributed by atoms with Crippen molar-refractivity contribution in [3.8, 4) is 0 Å². The maximum absolute atomic E-state index is 4.19. The van der Waals surface area contributed by atoms with Crippen molar-refractivity contribution in [2.45, 2.75) is 13.0 Å². The van der Waals surface area contributed by atoms with Crippen LogP contribution in [0.2, 0.25) is 0 Å². The van der Waals surface area contributed by atoms with E-state index in [0.717, 1.165) is 11.4 Å². The van der Waals surface area contributed by atoms with Gasteiger partial charge in [-0.2, -0.15) is 0 Å². The largest absolute Gasteiger partial charge is 0.376 e. The molecule has 0 amide bonds. The smallest absolute Gasteiger partial charge is 0.0768 e. The van der Waals surface area contributed by atoms with Gasteiger partial charge in [0.15, 0.2) is 0 Å². The summed E-state index contributed by atoms with van der Waals surface area (Å²) in [5.41, 5.74) is 3.47. The molecule has 1 aromatic heterocycles. The molecule has 1 N–H and O–H groups in total. The number of pyridine rings is 1. The van der Waals surface area contributed by atoms with Crippen LogP contribution in [0.4, 0.5) is 11.4 Å². The summed E-state index contributed by atoms with van der Waals surface area (Å²) in [7, 11) is 4.07. The SMILES string of the molecule is C[C@@H](Nc1cnccc1N(C)C)c1ccccc1. The van der Waals surface area contributed by atoms with Crippen LogP contribution in [0.15, 0.2) is 48.8 Å². The quantitative estimate of drug-likeness (QED) is 0.890. The molecule has 0 saturated carbocycles. The number of benzene rings is 1. The first kappa shape index (κ1) is 12.4. The van der Waals surface area contributed by atoms with Crippen molar-refractivity contribution in [1.29, 1.82) is 0 Å². The van der Waals surface area contributed by atoms with Gasteiger partial charge in [-0.15, -0.1) is 0 Å². The van der Waals surface area contributed by atoms with Gasteiger partial charge in [0, 0.05) is 26.3 Å². The fourth-order valence-corrected chi connectivity index (χ4v) is 1.95. The van der Waals surface area contributed by atoms with E-state index < -0.39 is 0 Å². The Labute approximate surface area is 108 Å². The second-order valence-corrected chi connectivity index (χ2v) is 4.56. The van der Waals surface area contributed by atoms with Crippen LogP contribution in [0.25, 0.3) is 0 Å². The average molecular weight is 241 g/mol. The molecule has 94 valence electrons. The van der Waals surface area contributed by atoms with Gasteiger partial charge in [-0.05, 0) is 18.6 Å². The van der Waals surface area contributed by atoms with E-state index in [1.807, 2.05) is 38.6 Å². The first-order valence-corrected chi connectivity index (χ1v) is 6.11. The number of rotatable bonds is 4. The fraction of sp³-hybridized carbons (Fsp3) is 0.267. The van der Waals surface area contributed by atoms with Crippen LogP contribution >= 0.6 is 0 Å². The van der Waals surface area contributed by atoms with Crippen molar-refractivity contribution in [1.82, 2.24) is 4.98 Å². The maximum Gasteiger partial charge on any atom is 0.0768 e. The Morgan fingerprint density at radius 3 is 2.50 bits per heavy atom. The first-order valence-electron chi connectivity index (χ1n) is 6.11. The molecule has 3 nitrogen and oxygen atoms in total. The molecule has 1 atom stereocenters. The maximum atomic E-state index is 4.19. The standard InChI is InChI=1S/C15H19N3/c1-12(13-7-5-4-6-8-13)17-14-11-16-10-9-15(14)18(2)3/h4-12,17H,1-3H3/t12-/m1/s1. The van der Waals surface area contributed by atoms with E-state index >= 15 is 0 Å². The molecular formula is C15H19N3. The minimum absolute atomic E-state index is 0.258. The van der Waals surface area contributed by atoms with E-state index in [4.69, 9.17) is 0 Å². The summed E-state index contributed by atoms with van der Waals surface area (Å²) in [6.45, 7) is 2.15. The van der Waals surface area contributed by atoms with Crippen molar-refractivity contribution in [2.75, 3.05) is 24.3 Å². The normalized spacial score (nSPS) is 11.9. The Balaban J connectivity index is 2.19. The summed E-state index contributed by atoms with van der Waals surface area (Å²) in [5.74, 6) is 0. The van der Waals surface area contributed by atoms with Crippen LogP contribution in [-0.4, -0.2) is 19.1 Å². The number of nitrogens with one attached hydrogen (secondary N) is 1. The van der Waals surface area contributed by atoms with Crippen LogP contribution < -0.4 is 10.2 Å². The molecule has 1 aromatic carbocycles. The van der Waals surface area contributed by atoms with E-state index in [-0.39, 0.29) is 6.04 Å². The third kappa shape index (κ3) is 2.80. The Morgan fingerprint density at radius 1 is 1.11 bits per heavy atom. The van der Waals surface area contributed by atoms with Crippen LogP contribution in [0.3, 0.4) is 0 Å². The van der Waals surface area contributed by atoms with Crippen molar-refractivity contribution in [3.05, 3.63) is 54.4 Å². The zero-order chi connectivity index (χ0) is 13.0. The molecule has 0 bridgehead atoms. The number of anilines is 2. The molecule has 0 aliphatic heterocycles. The lowest BCUT2D eigenvalue weighted by molar-refractivity contribution is 0.881. The molecule has 0 saturated heterocycles. The second-order valence-electron chi connectivity index (χ2n) is 4.56. The highest BCUT2D eigenvalue weighted by atomic mass is 15.1. The lowest BCUT2D eigenvalue weighted by Gasteiger charge is -2.21. The van der Waals surface area contributed by atoms with Crippen LogP contribution in [0, 0.1) is 0 Å². The Kier molecular flexibility index (Phi) is 3.82. The van der Waals surface area contributed by atoms with Gasteiger partial charge in [0.2, 0.25) is 0 Å². The summed E-state index contributed by atoms with van der Waals surface area (Å²) in [6.07, 6.45) is 3.68. The van der Waals surface area contributed by atoms with Crippen LogP contribution in [-0.2, 0) is 0 Å². The van der Waals surface area contributed by atoms with Gasteiger partial charge in [0.25, 0.3) is 0 Å². The van der Waals surface area contributed by atoms with Gasteiger partial charge in [0.05, 0.1) is 17.6 Å². The fourth-order valence-electron chi connectivity index (χ4n) is 1.95. The summed E-state index contributed by atoms with van der Waals surface area (Å²) in [6, 6.07) is 12.7. The van der Waals surface area contributed by atoms with Crippen molar-refractivity contribution < 1.29 is 0 Å². The molecule has 18 heavy (non-hydrogen) atoms. The van der Waals surface area contributed by atoms with Crippen molar-refractivity contribution in [2.24, 2.45) is 0 Å². The van der Waals surface area contributed by atoms with E-state index in [2.05, 4.69) is 46.4 Å². The molecule has 2 rings (SSSR count). The second kappa shape index (κ2) is 5.54. The first-order chi connectivity index (χ1) is 8.68. The monoisotopic (exact) mass is 241 g/mol. The zero-order valence-electron chi connectivity index (χ0n) is 11.1. The predicted octanol–water partition coefficient (Wildman–Crippen LogP) is 3.32. The van der Waals surface area contributed by atoms with Gasteiger partial charge in [0.1, 0.15) is 0 Å². The topological polar surface area (TPSA) is 28.2 Å². The zero-order valence-corrected chi connectivity index (χ0v) is 11.1. The summed E-state index contributed by atoms with van der Waals surface area (Å²) < 4.78 is 0. The molecular weight excluding hydrogens is 222 g/mol. The molecule has 0 radical (unpaired) electrons. The molecule has 2 aromatic rings. The Morgan fingerprint density at radius 2 is 1.83 bits per heavy atom. The summed E-state index contributed by atoms with van der Waals surface area (Å²) >= 11 is 0. The third-order valence-electron chi connectivity index (χ3n) is 2.95. The van der Waals surface area contributed by atoms with Gasteiger partial charge in [-0.1, -0.05) is 30.3 Å². The Hall–Kier alpha value is -2.03. The highest BCUT2D eigenvalue weighted by Gasteiger charge is 2.09. The molecule has 3 heteroatoms.